The number of pyridine rings is 1. The summed E-state index contributed by atoms with van der Waals surface area (Å²) >= 11 is 1.27. The molecule has 2 aromatic carbocycles. The second kappa shape index (κ2) is 7.73. The number of aromatic amines is 1. The molecule has 0 amide bonds. The number of carboxylic acids is 1. The fourth-order valence-corrected chi connectivity index (χ4v) is 4.16. The van der Waals surface area contributed by atoms with Crippen LogP contribution in [0.5, 0.6) is 11.5 Å². The van der Waals surface area contributed by atoms with Gasteiger partial charge < -0.3 is 19.9 Å². The molecular weight excluding hydrogens is 404 g/mol. The number of aromatic hydroxyl groups is 1. The summed E-state index contributed by atoms with van der Waals surface area (Å²) in [5.74, 6) is -0.925. The second-order valence-corrected chi connectivity index (χ2v) is 7.28. The van der Waals surface area contributed by atoms with Crippen LogP contribution in [0.2, 0.25) is 0 Å². The number of hydrogen-bond acceptors (Lipinski definition) is 6. The first-order valence-corrected chi connectivity index (χ1v) is 9.68. The lowest BCUT2D eigenvalue weighted by Gasteiger charge is -2.11. The number of nitrogens with zero attached hydrogens (tertiary/aromatic N) is 1. The third-order valence-corrected chi connectivity index (χ3v) is 5.47. The molecule has 0 saturated carbocycles. The molecule has 0 saturated heterocycles. The number of rotatable bonds is 5. The molecule has 4 aromatic rings. The Kier molecular flexibility index (Phi) is 4.96. The van der Waals surface area contributed by atoms with Crippen molar-refractivity contribution in [3.63, 3.8) is 0 Å². The number of carboxylic acid groups (broad SMARTS) is 1. The zero-order chi connectivity index (χ0) is 21.3. The summed E-state index contributed by atoms with van der Waals surface area (Å²) in [4.78, 5) is 25.8. The molecule has 0 aliphatic heterocycles. The standard InChI is InChI=1S/C22H14N2O5S/c23-9-15-20(27)19-16(11-30-22(19)24-21(15)28)13-7-5-12(6-8-13)14-3-1-2-4-17(14)29-10-18(25)26/h1-8,11H,10H2,(H,25,26)(H2,24,27,28). The number of nitriles is 1. The summed E-state index contributed by atoms with van der Waals surface area (Å²) in [7, 11) is 0. The van der Waals surface area contributed by atoms with Gasteiger partial charge in [-0.2, -0.15) is 5.26 Å². The molecule has 7 nitrogen and oxygen atoms in total. The Bertz CT molecular complexity index is 1360. The Balaban J connectivity index is 1.75. The minimum Gasteiger partial charge on any atom is -0.506 e. The van der Waals surface area contributed by atoms with Crippen LogP contribution in [-0.2, 0) is 4.79 Å². The van der Waals surface area contributed by atoms with Crippen LogP contribution in [0.1, 0.15) is 5.56 Å². The van der Waals surface area contributed by atoms with Crippen LogP contribution in [0.3, 0.4) is 0 Å². The normalized spacial score (nSPS) is 10.6. The molecule has 148 valence electrons. The van der Waals surface area contributed by atoms with E-state index in [2.05, 4.69) is 4.98 Å². The van der Waals surface area contributed by atoms with E-state index in [1.165, 1.54) is 11.3 Å². The van der Waals surface area contributed by atoms with E-state index in [4.69, 9.17) is 15.1 Å². The molecule has 0 radical (unpaired) electrons. The van der Waals surface area contributed by atoms with E-state index in [1.54, 1.807) is 23.6 Å². The predicted molar refractivity (Wildman–Crippen MR) is 113 cm³/mol. The van der Waals surface area contributed by atoms with Crippen LogP contribution in [0, 0.1) is 11.3 Å². The molecule has 0 fully saturated rings. The predicted octanol–water partition coefficient (Wildman–Crippen LogP) is 3.96. The SMILES string of the molecule is N#Cc1c(O)c2c(-c3ccc(-c4ccccc4OCC(=O)O)cc3)csc2[nH]c1=O. The second-order valence-electron chi connectivity index (χ2n) is 6.40. The molecule has 2 heterocycles. The Morgan fingerprint density at radius 1 is 1.10 bits per heavy atom. The van der Waals surface area contributed by atoms with Gasteiger partial charge in [-0.15, -0.1) is 11.3 Å². The van der Waals surface area contributed by atoms with Gasteiger partial charge in [-0.3, -0.25) is 4.79 Å². The van der Waals surface area contributed by atoms with E-state index < -0.39 is 18.1 Å². The number of fused-ring (bicyclic) bond motifs is 1. The molecule has 0 aliphatic carbocycles. The van der Waals surface area contributed by atoms with Crippen molar-refractivity contribution < 1.29 is 19.7 Å². The van der Waals surface area contributed by atoms with Crippen molar-refractivity contribution >= 4 is 27.5 Å². The average Bonchev–Trinajstić information content (AvgIpc) is 3.17. The smallest absolute Gasteiger partial charge is 0.341 e. The van der Waals surface area contributed by atoms with Crippen molar-refractivity contribution in [3.05, 3.63) is 69.8 Å². The van der Waals surface area contributed by atoms with Gasteiger partial charge in [0.15, 0.2) is 12.2 Å². The largest absolute Gasteiger partial charge is 0.506 e. The van der Waals surface area contributed by atoms with E-state index in [-0.39, 0.29) is 11.3 Å². The molecule has 30 heavy (non-hydrogen) atoms. The van der Waals surface area contributed by atoms with Gasteiger partial charge in [-0.1, -0.05) is 42.5 Å². The number of ether oxygens (including phenoxy) is 1. The minimum absolute atomic E-state index is 0.316. The average molecular weight is 418 g/mol. The summed E-state index contributed by atoms with van der Waals surface area (Å²) < 4.78 is 5.37. The van der Waals surface area contributed by atoms with Crippen LogP contribution in [-0.4, -0.2) is 27.8 Å². The third-order valence-electron chi connectivity index (χ3n) is 4.58. The van der Waals surface area contributed by atoms with E-state index in [1.807, 2.05) is 36.4 Å². The number of para-hydroxylation sites is 1. The highest BCUT2D eigenvalue weighted by atomic mass is 32.1. The molecule has 0 atom stereocenters. The first kappa shape index (κ1) is 19.2. The molecule has 3 N–H and O–H groups in total. The summed E-state index contributed by atoms with van der Waals surface area (Å²) in [6.07, 6.45) is 0. The monoisotopic (exact) mass is 418 g/mol. The van der Waals surface area contributed by atoms with Crippen LogP contribution in [0.4, 0.5) is 0 Å². The lowest BCUT2D eigenvalue weighted by molar-refractivity contribution is -0.139. The van der Waals surface area contributed by atoms with Crippen molar-refractivity contribution in [1.29, 1.82) is 5.26 Å². The van der Waals surface area contributed by atoms with Gasteiger partial charge in [-0.25, -0.2) is 4.79 Å². The Hall–Kier alpha value is -4.09. The van der Waals surface area contributed by atoms with Crippen molar-refractivity contribution in [2.75, 3.05) is 6.61 Å². The molecule has 4 rings (SSSR count). The Labute approximate surface area is 174 Å². The zero-order valence-electron chi connectivity index (χ0n) is 15.4. The van der Waals surface area contributed by atoms with Crippen molar-refractivity contribution in [2.24, 2.45) is 0 Å². The molecule has 2 aromatic heterocycles. The molecule has 0 bridgehead atoms. The summed E-state index contributed by atoms with van der Waals surface area (Å²) in [5.41, 5.74) is 2.13. The molecule has 0 spiro atoms. The quantitative estimate of drug-likeness (QED) is 0.451. The summed E-state index contributed by atoms with van der Waals surface area (Å²) in [6, 6.07) is 16.3. The number of aliphatic carboxylic acids is 1. The number of H-pyrrole nitrogens is 1. The fourth-order valence-electron chi connectivity index (χ4n) is 3.20. The van der Waals surface area contributed by atoms with Gasteiger partial charge in [0.05, 0.1) is 5.39 Å². The van der Waals surface area contributed by atoms with Gasteiger partial charge in [0.1, 0.15) is 22.4 Å². The minimum atomic E-state index is -1.06. The highest BCUT2D eigenvalue weighted by Crippen LogP contribution is 2.39. The van der Waals surface area contributed by atoms with E-state index >= 15 is 0 Å². The fraction of sp³-hybridized carbons (Fsp3) is 0.0455. The van der Waals surface area contributed by atoms with E-state index in [0.717, 1.165) is 16.7 Å². The van der Waals surface area contributed by atoms with Gasteiger partial charge in [0.25, 0.3) is 5.56 Å². The van der Waals surface area contributed by atoms with E-state index in [9.17, 15) is 14.7 Å². The van der Waals surface area contributed by atoms with Gasteiger partial charge in [0.2, 0.25) is 0 Å². The lowest BCUT2D eigenvalue weighted by Crippen LogP contribution is -2.09. The molecule has 0 unspecified atom stereocenters. The maximum Gasteiger partial charge on any atom is 0.341 e. The zero-order valence-corrected chi connectivity index (χ0v) is 16.2. The third kappa shape index (κ3) is 3.38. The van der Waals surface area contributed by atoms with Crippen LogP contribution >= 0.6 is 11.3 Å². The number of carbonyl (C=O) groups is 1. The van der Waals surface area contributed by atoms with Crippen molar-refractivity contribution in [3.8, 4) is 39.8 Å². The Morgan fingerprint density at radius 2 is 1.77 bits per heavy atom. The molecular formula is C22H14N2O5S. The van der Waals surface area contributed by atoms with Crippen LogP contribution in [0.15, 0.2) is 58.7 Å². The molecule has 8 heteroatoms. The van der Waals surface area contributed by atoms with Gasteiger partial charge in [-0.05, 0) is 17.2 Å². The van der Waals surface area contributed by atoms with E-state index in [0.29, 0.717) is 21.5 Å². The highest BCUT2D eigenvalue weighted by Gasteiger charge is 2.17. The van der Waals surface area contributed by atoms with Crippen molar-refractivity contribution in [2.45, 2.75) is 0 Å². The maximum absolute atomic E-state index is 11.9. The lowest BCUT2D eigenvalue weighted by atomic mass is 9.99. The van der Waals surface area contributed by atoms with Gasteiger partial charge >= 0.3 is 5.97 Å². The molecule has 0 aliphatic rings. The summed E-state index contributed by atoms with van der Waals surface area (Å²) in [5, 5.41) is 30.7. The van der Waals surface area contributed by atoms with Crippen LogP contribution < -0.4 is 10.3 Å². The van der Waals surface area contributed by atoms with Gasteiger partial charge in [0, 0.05) is 16.5 Å². The number of aromatic nitrogens is 1. The number of nitrogens with one attached hydrogen (secondary N) is 1. The van der Waals surface area contributed by atoms with Crippen molar-refractivity contribution in [1.82, 2.24) is 4.98 Å². The number of hydrogen-bond donors (Lipinski definition) is 3. The summed E-state index contributed by atoms with van der Waals surface area (Å²) in [6.45, 7) is -0.436. The first-order valence-electron chi connectivity index (χ1n) is 8.80. The van der Waals surface area contributed by atoms with Crippen LogP contribution in [0.25, 0.3) is 32.5 Å². The number of thiophene rings is 1. The first-order chi connectivity index (χ1) is 14.5. The number of benzene rings is 2. The maximum atomic E-state index is 11.9. The topological polar surface area (TPSA) is 123 Å². The highest BCUT2D eigenvalue weighted by molar-refractivity contribution is 7.17. The Morgan fingerprint density at radius 3 is 2.43 bits per heavy atom.